The average molecular weight is 263 g/mol. The highest BCUT2D eigenvalue weighted by Gasteiger charge is 2.51. The van der Waals surface area contributed by atoms with E-state index < -0.39 is 0 Å². The summed E-state index contributed by atoms with van der Waals surface area (Å²) in [6, 6.07) is 2.54. The largest absolute Gasteiger partial charge is 0.496 e. The second kappa shape index (κ2) is 4.37. The number of aromatic nitrogens is 1. The van der Waals surface area contributed by atoms with Crippen molar-refractivity contribution in [3.05, 3.63) is 18.5 Å². The van der Waals surface area contributed by atoms with Crippen LogP contribution in [0.4, 0.5) is 0 Å². The summed E-state index contributed by atoms with van der Waals surface area (Å²) in [5.41, 5.74) is 0.525. The minimum absolute atomic E-state index is 0.270. The molecule has 3 heterocycles. The molecule has 0 aromatic carbocycles. The monoisotopic (exact) mass is 263 g/mol. The molecule has 1 aromatic rings. The summed E-state index contributed by atoms with van der Waals surface area (Å²) in [4.78, 5) is 0. The van der Waals surface area contributed by atoms with Gasteiger partial charge in [0.2, 0.25) is 0 Å². The number of hydrogen-bond acceptors (Lipinski definition) is 3. The molecule has 0 amide bonds. The maximum Gasteiger partial charge on any atom is 0.496 e. The van der Waals surface area contributed by atoms with Crippen LogP contribution in [0.2, 0.25) is 0 Å². The van der Waals surface area contributed by atoms with E-state index >= 15 is 0 Å². The summed E-state index contributed by atoms with van der Waals surface area (Å²) in [6.45, 7) is 9.97. The molecule has 1 atom stereocenters. The van der Waals surface area contributed by atoms with Crippen molar-refractivity contribution in [2.45, 2.75) is 51.4 Å². The van der Waals surface area contributed by atoms with Crippen LogP contribution >= 0.6 is 0 Å². The summed E-state index contributed by atoms with van der Waals surface area (Å²) in [5.74, 6) is 0. The van der Waals surface area contributed by atoms with Crippen molar-refractivity contribution in [3.63, 3.8) is 0 Å². The average Bonchev–Trinajstić information content (AvgIpc) is 3.00. The number of hydrogen-bond donors (Lipinski definition) is 0. The highest BCUT2D eigenvalue weighted by Crippen LogP contribution is 2.36. The van der Waals surface area contributed by atoms with E-state index in [2.05, 4.69) is 50.7 Å². The van der Waals surface area contributed by atoms with Crippen molar-refractivity contribution in [1.82, 2.24) is 4.57 Å². The molecule has 0 aliphatic carbocycles. The summed E-state index contributed by atoms with van der Waals surface area (Å²) >= 11 is 0. The lowest BCUT2D eigenvalue weighted by atomic mass is 9.81. The third kappa shape index (κ3) is 2.24. The molecule has 0 bridgehead atoms. The molecule has 19 heavy (non-hydrogen) atoms. The second-order valence-corrected chi connectivity index (χ2v) is 6.50. The Labute approximate surface area is 115 Å². The first kappa shape index (κ1) is 13.2. The third-order valence-corrected chi connectivity index (χ3v) is 4.59. The lowest BCUT2D eigenvalue weighted by molar-refractivity contribution is 0.00578. The van der Waals surface area contributed by atoms with Crippen LogP contribution in [0.15, 0.2) is 18.5 Å². The SMILES string of the molecule is CC1(C)OB(c2ccn(C3CCOC3)c2)OC1(C)C. The number of rotatable bonds is 2. The Morgan fingerprint density at radius 1 is 1.21 bits per heavy atom. The predicted molar refractivity (Wildman–Crippen MR) is 74.6 cm³/mol. The van der Waals surface area contributed by atoms with Gasteiger partial charge in [0.15, 0.2) is 0 Å². The first-order valence-corrected chi connectivity index (χ1v) is 7.00. The second-order valence-electron chi connectivity index (χ2n) is 6.50. The van der Waals surface area contributed by atoms with Crippen LogP contribution in [0, 0.1) is 0 Å². The molecule has 1 aromatic heterocycles. The van der Waals surface area contributed by atoms with Gasteiger partial charge in [-0.15, -0.1) is 0 Å². The van der Waals surface area contributed by atoms with E-state index in [9.17, 15) is 0 Å². The zero-order valence-electron chi connectivity index (χ0n) is 12.2. The standard InChI is InChI=1S/C14H22BNO3/c1-13(2)14(3,4)19-15(18-13)11-5-7-16(9-11)12-6-8-17-10-12/h5,7,9,12H,6,8,10H2,1-4H3. The Morgan fingerprint density at radius 3 is 2.47 bits per heavy atom. The van der Waals surface area contributed by atoms with Gasteiger partial charge in [-0.1, -0.05) is 0 Å². The van der Waals surface area contributed by atoms with Crippen LogP contribution in [0.1, 0.15) is 40.2 Å². The Hall–Kier alpha value is -0.775. The van der Waals surface area contributed by atoms with Crippen molar-refractivity contribution in [1.29, 1.82) is 0 Å². The molecule has 5 heteroatoms. The molecule has 2 aliphatic rings. The molecule has 2 aliphatic heterocycles. The van der Waals surface area contributed by atoms with Gasteiger partial charge in [0.05, 0.1) is 23.9 Å². The molecule has 0 saturated carbocycles. The molecule has 2 fully saturated rings. The Bertz CT molecular complexity index is 447. The van der Waals surface area contributed by atoms with Gasteiger partial charge in [0, 0.05) is 24.5 Å². The summed E-state index contributed by atoms with van der Waals surface area (Å²) in [5, 5.41) is 0. The maximum atomic E-state index is 6.06. The van der Waals surface area contributed by atoms with Crippen molar-refractivity contribution in [2.75, 3.05) is 13.2 Å². The van der Waals surface area contributed by atoms with Gasteiger partial charge < -0.3 is 18.6 Å². The molecule has 0 spiro atoms. The van der Waals surface area contributed by atoms with E-state index in [1.807, 2.05) is 0 Å². The molecular formula is C14H22BNO3. The zero-order valence-corrected chi connectivity index (χ0v) is 12.2. The Morgan fingerprint density at radius 2 is 1.89 bits per heavy atom. The minimum atomic E-state index is -0.282. The lowest BCUT2D eigenvalue weighted by Crippen LogP contribution is -2.41. The zero-order chi connectivity index (χ0) is 13.7. The van der Waals surface area contributed by atoms with Gasteiger partial charge in [-0.05, 0) is 40.2 Å². The number of ether oxygens (including phenoxy) is 1. The summed E-state index contributed by atoms with van der Waals surface area (Å²) < 4.78 is 19.8. The molecule has 0 radical (unpaired) electrons. The van der Waals surface area contributed by atoms with Gasteiger partial charge in [-0.25, -0.2) is 0 Å². The van der Waals surface area contributed by atoms with E-state index in [4.69, 9.17) is 14.0 Å². The normalized spacial score (nSPS) is 29.1. The lowest BCUT2D eigenvalue weighted by Gasteiger charge is -2.32. The molecule has 2 saturated heterocycles. The quantitative estimate of drug-likeness (QED) is 0.762. The highest BCUT2D eigenvalue weighted by molar-refractivity contribution is 6.62. The molecule has 0 N–H and O–H groups in total. The fourth-order valence-electron chi connectivity index (χ4n) is 2.53. The summed E-state index contributed by atoms with van der Waals surface area (Å²) in [7, 11) is -0.270. The molecular weight excluding hydrogens is 241 g/mol. The van der Waals surface area contributed by atoms with E-state index in [1.165, 1.54) is 0 Å². The predicted octanol–water partition coefficient (Wildman–Crippen LogP) is 1.75. The van der Waals surface area contributed by atoms with Crippen molar-refractivity contribution >= 4 is 12.6 Å². The smallest absolute Gasteiger partial charge is 0.399 e. The van der Waals surface area contributed by atoms with Crippen molar-refractivity contribution in [3.8, 4) is 0 Å². The van der Waals surface area contributed by atoms with Crippen LogP contribution in [-0.2, 0) is 14.0 Å². The van der Waals surface area contributed by atoms with Crippen LogP contribution in [0.25, 0.3) is 0 Å². The van der Waals surface area contributed by atoms with E-state index in [1.54, 1.807) is 0 Å². The molecule has 1 unspecified atom stereocenters. The Balaban J connectivity index is 1.77. The fraction of sp³-hybridized carbons (Fsp3) is 0.714. The highest BCUT2D eigenvalue weighted by atomic mass is 16.7. The van der Waals surface area contributed by atoms with Gasteiger partial charge in [0.25, 0.3) is 0 Å². The van der Waals surface area contributed by atoms with Gasteiger partial charge >= 0.3 is 7.12 Å². The maximum absolute atomic E-state index is 6.06. The molecule has 104 valence electrons. The van der Waals surface area contributed by atoms with Crippen molar-refractivity contribution in [2.24, 2.45) is 0 Å². The van der Waals surface area contributed by atoms with Crippen LogP contribution in [0.3, 0.4) is 0 Å². The van der Waals surface area contributed by atoms with Gasteiger partial charge in [-0.2, -0.15) is 0 Å². The molecule has 3 rings (SSSR count). The minimum Gasteiger partial charge on any atom is -0.399 e. The third-order valence-electron chi connectivity index (χ3n) is 4.59. The first-order valence-electron chi connectivity index (χ1n) is 7.00. The Kier molecular flexibility index (Phi) is 3.04. The van der Waals surface area contributed by atoms with Crippen LogP contribution < -0.4 is 5.46 Å². The van der Waals surface area contributed by atoms with E-state index in [-0.39, 0.29) is 18.3 Å². The first-order chi connectivity index (χ1) is 8.89. The van der Waals surface area contributed by atoms with E-state index in [0.29, 0.717) is 6.04 Å². The van der Waals surface area contributed by atoms with Crippen LogP contribution in [-0.4, -0.2) is 36.1 Å². The molecule has 4 nitrogen and oxygen atoms in total. The summed E-state index contributed by atoms with van der Waals surface area (Å²) in [6.07, 6.45) is 5.30. The van der Waals surface area contributed by atoms with E-state index in [0.717, 1.165) is 25.1 Å². The number of nitrogens with zero attached hydrogens (tertiary/aromatic N) is 1. The topological polar surface area (TPSA) is 32.6 Å². The van der Waals surface area contributed by atoms with Gasteiger partial charge in [-0.3, -0.25) is 0 Å². The van der Waals surface area contributed by atoms with Crippen molar-refractivity contribution < 1.29 is 14.0 Å². The van der Waals surface area contributed by atoms with Crippen LogP contribution in [0.5, 0.6) is 0 Å². The van der Waals surface area contributed by atoms with Gasteiger partial charge in [0.1, 0.15) is 0 Å². The fourth-order valence-corrected chi connectivity index (χ4v) is 2.53.